The number of hydrogen-bond acceptors (Lipinski definition) is 3. The van der Waals surface area contributed by atoms with Gasteiger partial charge in [0.1, 0.15) is 0 Å². The highest BCUT2D eigenvalue weighted by Crippen LogP contribution is 2.23. The number of benzene rings is 1. The van der Waals surface area contributed by atoms with E-state index in [2.05, 4.69) is 62.3 Å². The number of ether oxygens (including phenoxy) is 1. The molecule has 1 aliphatic heterocycles. The number of anilines is 1. The van der Waals surface area contributed by atoms with Gasteiger partial charge in [-0.2, -0.15) is 0 Å². The van der Waals surface area contributed by atoms with E-state index >= 15 is 0 Å². The van der Waals surface area contributed by atoms with Crippen LogP contribution in [-0.4, -0.2) is 32.3 Å². The maximum atomic E-state index is 5.46. The molecule has 0 aromatic heterocycles. The SMILES string of the molecule is CN(CC1CCOCC1)c1ccccc1CNC(C)(C)C. The molecule has 0 spiro atoms. The smallest absolute Gasteiger partial charge is 0.0469 e. The lowest BCUT2D eigenvalue weighted by Crippen LogP contribution is -2.36. The molecule has 0 saturated carbocycles. The van der Waals surface area contributed by atoms with Gasteiger partial charge in [-0.05, 0) is 51.2 Å². The summed E-state index contributed by atoms with van der Waals surface area (Å²) in [5, 5.41) is 3.59. The molecule has 1 fully saturated rings. The van der Waals surface area contributed by atoms with Crippen LogP contribution in [0.25, 0.3) is 0 Å². The Kier molecular flexibility index (Phi) is 5.65. The lowest BCUT2D eigenvalue weighted by atomic mass is 9.99. The van der Waals surface area contributed by atoms with Crippen molar-refractivity contribution < 1.29 is 4.74 Å². The number of para-hydroxylation sites is 1. The summed E-state index contributed by atoms with van der Waals surface area (Å²) in [5.74, 6) is 0.757. The molecule has 1 aromatic rings. The average molecular weight is 290 g/mol. The first-order valence-electron chi connectivity index (χ1n) is 8.07. The van der Waals surface area contributed by atoms with Crippen LogP contribution in [0.5, 0.6) is 0 Å². The second-order valence-corrected chi connectivity index (χ2v) is 7.17. The molecule has 21 heavy (non-hydrogen) atoms. The van der Waals surface area contributed by atoms with Crippen LogP contribution in [0.1, 0.15) is 39.2 Å². The van der Waals surface area contributed by atoms with Gasteiger partial charge in [0, 0.05) is 44.6 Å². The monoisotopic (exact) mass is 290 g/mol. The van der Waals surface area contributed by atoms with Crippen molar-refractivity contribution in [2.45, 2.75) is 45.7 Å². The highest BCUT2D eigenvalue weighted by Gasteiger charge is 2.18. The van der Waals surface area contributed by atoms with Crippen molar-refractivity contribution in [2.75, 3.05) is 31.7 Å². The molecule has 1 aliphatic rings. The predicted octanol–water partition coefficient (Wildman–Crippen LogP) is 3.44. The van der Waals surface area contributed by atoms with E-state index in [9.17, 15) is 0 Å². The van der Waals surface area contributed by atoms with Crippen molar-refractivity contribution in [3.05, 3.63) is 29.8 Å². The van der Waals surface area contributed by atoms with Crippen LogP contribution < -0.4 is 10.2 Å². The zero-order chi connectivity index (χ0) is 15.3. The molecule has 1 N–H and O–H groups in total. The fourth-order valence-corrected chi connectivity index (χ4v) is 2.81. The number of hydrogen-bond donors (Lipinski definition) is 1. The van der Waals surface area contributed by atoms with Crippen LogP contribution in [0, 0.1) is 5.92 Å². The van der Waals surface area contributed by atoms with Gasteiger partial charge in [0.15, 0.2) is 0 Å². The molecule has 118 valence electrons. The zero-order valence-electron chi connectivity index (χ0n) is 14.0. The predicted molar refractivity (Wildman–Crippen MR) is 89.8 cm³/mol. The molecule has 0 aliphatic carbocycles. The summed E-state index contributed by atoms with van der Waals surface area (Å²) < 4.78 is 5.46. The van der Waals surface area contributed by atoms with Gasteiger partial charge in [-0.25, -0.2) is 0 Å². The minimum absolute atomic E-state index is 0.145. The Morgan fingerprint density at radius 3 is 2.52 bits per heavy atom. The van der Waals surface area contributed by atoms with E-state index in [0.29, 0.717) is 0 Å². The van der Waals surface area contributed by atoms with Crippen molar-refractivity contribution in [1.29, 1.82) is 0 Å². The molecule has 1 saturated heterocycles. The largest absolute Gasteiger partial charge is 0.381 e. The Bertz CT molecular complexity index is 433. The van der Waals surface area contributed by atoms with Gasteiger partial charge in [0.25, 0.3) is 0 Å². The van der Waals surface area contributed by atoms with E-state index in [1.54, 1.807) is 0 Å². The Balaban J connectivity index is 2.00. The summed E-state index contributed by atoms with van der Waals surface area (Å²) in [6, 6.07) is 8.73. The minimum Gasteiger partial charge on any atom is -0.381 e. The highest BCUT2D eigenvalue weighted by molar-refractivity contribution is 5.53. The molecule has 1 aromatic carbocycles. The molecule has 0 radical (unpaired) electrons. The van der Waals surface area contributed by atoms with Crippen LogP contribution in [0.15, 0.2) is 24.3 Å². The maximum Gasteiger partial charge on any atom is 0.0469 e. The molecule has 3 nitrogen and oxygen atoms in total. The van der Waals surface area contributed by atoms with Crippen molar-refractivity contribution in [3.8, 4) is 0 Å². The molecule has 0 amide bonds. The van der Waals surface area contributed by atoms with Gasteiger partial charge in [0.2, 0.25) is 0 Å². The second-order valence-electron chi connectivity index (χ2n) is 7.17. The first-order valence-corrected chi connectivity index (χ1v) is 8.07. The number of nitrogens with one attached hydrogen (secondary N) is 1. The van der Waals surface area contributed by atoms with Crippen LogP contribution >= 0.6 is 0 Å². The van der Waals surface area contributed by atoms with Gasteiger partial charge < -0.3 is 15.0 Å². The Hall–Kier alpha value is -1.06. The summed E-state index contributed by atoms with van der Waals surface area (Å²) in [6.07, 6.45) is 2.37. The van der Waals surface area contributed by atoms with E-state index in [-0.39, 0.29) is 5.54 Å². The summed E-state index contributed by atoms with van der Waals surface area (Å²) in [7, 11) is 2.21. The minimum atomic E-state index is 0.145. The molecule has 1 heterocycles. The third-order valence-electron chi connectivity index (χ3n) is 4.08. The van der Waals surface area contributed by atoms with Crippen LogP contribution in [0.3, 0.4) is 0 Å². The van der Waals surface area contributed by atoms with Gasteiger partial charge in [-0.15, -0.1) is 0 Å². The second kappa shape index (κ2) is 7.28. The Labute approximate surface area is 129 Å². The average Bonchev–Trinajstić information content (AvgIpc) is 2.46. The first kappa shape index (κ1) is 16.3. The zero-order valence-corrected chi connectivity index (χ0v) is 14.0. The van der Waals surface area contributed by atoms with Gasteiger partial charge in [-0.3, -0.25) is 0 Å². The van der Waals surface area contributed by atoms with Gasteiger partial charge >= 0.3 is 0 Å². The summed E-state index contributed by atoms with van der Waals surface area (Å²) >= 11 is 0. The van der Waals surface area contributed by atoms with Crippen LogP contribution in [0.4, 0.5) is 5.69 Å². The first-order chi connectivity index (χ1) is 9.96. The number of nitrogens with zero attached hydrogens (tertiary/aromatic N) is 1. The third-order valence-corrected chi connectivity index (χ3v) is 4.08. The lowest BCUT2D eigenvalue weighted by Gasteiger charge is -2.30. The number of rotatable bonds is 5. The maximum absolute atomic E-state index is 5.46. The van der Waals surface area contributed by atoms with Gasteiger partial charge in [-0.1, -0.05) is 18.2 Å². The Morgan fingerprint density at radius 2 is 1.86 bits per heavy atom. The molecule has 0 bridgehead atoms. The van der Waals surface area contributed by atoms with E-state index in [4.69, 9.17) is 4.74 Å². The molecule has 3 heteroatoms. The molecular weight excluding hydrogens is 260 g/mol. The van der Waals surface area contributed by atoms with E-state index in [1.165, 1.54) is 24.1 Å². The summed E-state index contributed by atoms with van der Waals surface area (Å²) in [6.45, 7) is 10.5. The third kappa shape index (κ3) is 5.33. The topological polar surface area (TPSA) is 24.5 Å². The van der Waals surface area contributed by atoms with Crippen LogP contribution in [0.2, 0.25) is 0 Å². The normalized spacial score (nSPS) is 17.0. The fraction of sp³-hybridized carbons (Fsp3) is 0.667. The summed E-state index contributed by atoms with van der Waals surface area (Å²) in [5.41, 5.74) is 2.87. The molecule has 0 unspecified atom stereocenters. The molecule has 2 rings (SSSR count). The standard InChI is InChI=1S/C18H30N2O/c1-18(2,3)19-13-16-7-5-6-8-17(16)20(4)14-15-9-11-21-12-10-15/h5-8,15,19H,9-14H2,1-4H3. The van der Waals surface area contributed by atoms with Crippen molar-refractivity contribution in [2.24, 2.45) is 5.92 Å². The van der Waals surface area contributed by atoms with Crippen molar-refractivity contribution in [3.63, 3.8) is 0 Å². The quantitative estimate of drug-likeness (QED) is 0.899. The molecular formula is C18H30N2O. The molecule has 0 atom stereocenters. The van der Waals surface area contributed by atoms with Crippen molar-refractivity contribution in [1.82, 2.24) is 5.32 Å². The lowest BCUT2D eigenvalue weighted by molar-refractivity contribution is 0.0685. The summed E-state index contributed by atoms with van der Waals surface area (Å²) in [4.78, 5) is 2.41. The highest BCUT2D eigenvalue weighted by atomic mass is 16.5. The van der Waals surface area contributed by atoms with E-state index in [0.717, 1.165) is 32.2 Å². The van der Waals surface area contributed by atoms with Gasteiger partial charge in [0.05, 0.1) is 0 Å². The Morgan fingerprint density at radius 1 is 1.19 bits per heavy atom. The van der Waals surface area contributed by atoms with Crippen molar-refractivity contribution >= 4 is 5.69 Å². The van der Waals surface area contributed by atoms with E-state index < -0.39 is 0 Å². The van der Waals surface area contributed by atoms with Crippen LogP contribution in [-0.2, 0) is 11.3 Å². The fourth-order valence-electron chi connectivity index (χ4n) is 2.81. The van der Waals surface area contributed by atoms with E-state index in [1.807, 2.05) is 0 Å².